The van der Waals surface area contributed by atoms with Gasteiger partial charge in [0.05, 0.1) is 5.75 Å². The third-order valence-electron chi connectivity index (χ3n) is 0.923. The molecule has 0 bridgehead atoms. The minimum atomic E-state index is -3.95. The van der Waals surface area contributed by atoms with Crippen LogP contribution in [0.4, 0.5) is 0 Å². The minimum absolute atomic E-state index is 0. The zero-order chi connectivity index (χ0) is 9.78. The fraction of sp³-hybridized carbons (Fsp3) is 0.500. The first-order chi connectivity index (χ1) is 5.33. The van der Waals surface area contributed by atoms with Gasteiger partial charge in [0.1, 0.15) is 0 Å². The van der Waals surface area contributed by atoms with Crippen molar-refractivity contribution in [1.29, 1.82) is 0 Å². The van der Waals surface area contributed by atoms with Gasteiger partial charge in [0.2, 0.25) is 5.12 Å². The molecule has 0 radical (unpaired) electrons. The van der Waals surface area contributed by atoms with Gasteiger partial charge in [-0.05, 0) is 12.5 Å². The van der Waals surface area contributed by atoms with E-state index in [-0.39, 0.29) is 41.9 Å². The first kappa shape index (κ1) is 16.1. The maximum absolute atomic E-state index is 10.8. The first-order valence-corrected chi connectivity index (χ1v) is 5.70. The Labute approximate surface area is 106 Å². The van der Waals surface area contributed by atoms with Crippen LogP contribution in [0.5, 0.6) is 0 Å². The van der Waals surface area contributed by atoms with Gasteiger partial charge in [-0.1, -0.05) is 18.3 Å². The van der Waals surface area contributed by atoms with Crippen molar-refractivity contribution in [2.24, 2.45) is 0 Å². The quantitative estimate of drug-likeness (QED) is 0.340. The predicted octanol–water partition coefficient (Wildman–Crippen LogP) is -2.17. The third kappa shape index (κ3) is 10.6. The van der Waals surface area contributed by atoms with Crippen LogP contribution >= 0.6 is 11.8 Å². The van der Waals surface area contributed by atoms with Gasteiger partial charge in [0, 0.05) is 5.75 Å². The molecule has 0 unspecified atom stereocenters. The van der Waals surface area contributed by atoms with Crippen LogP contribution in [-0.4, -0.2) is 29.6 Å². The predicted molar refractivity (Wildman–Crippen MR) is 49.8 cm³/mol. The number of hydrogen-bond donors (Lipinski definition) is 1. The largest absolute Gasteiger partial charge is 1.00 e. The maximum Gasteiger partial charge on any atom is 1.00 e. The Kier molecular flexibility index (Phi) is 8.71. The Morgan fingerprint density at radius 3 is 2.38 bits per heavy atom. The molecule has 0 aliphatic carbocycles. The van der Waals surface area contributed by atoms with Crippen LogP contribution in [0.15, 0.2) is 12.2 Å². The molecule has 0 heterocycles. The van der Waals surface area contributed by atoms with Gasteiger partial charge >= 0.3 is 29.6 Å². The molecular formula is C6H11NaO4S2. The number of thioether (sulfide) groups is 1. The molecule has 0 fully saturated rings. The normalized spacial score (nSPS) is 10.3. The first-order valence-electron chi connectivity index (χ1n) is 3.11. The van der Waals surface area contributed by atoms with Crippen LogP contribution in [0.25, 0.3) is 0 Å². The van der Waals surface area contributed by atoms with Gasteiger partial charge < -0.3 is 1.43 Å². The van der Waals surface area contributed by atoms with Gasteiger partial charge in [0.15, 0.2) is 0 Å². The second kappa shape index (κ2) is 7.03. The monoisotopic (exact) mass is 234 g/mol. The van der Waals surface area contributed by atoms with Crippen LogP contribution in [-0.2, 0) is 14.9 Å². The molecule has 13 heavy (non-hydrogen) atoms. The van der Waals surface area contributed by atoms with E-state index in [9.17, 15) is 13.2 Å². The average molecular weight is 234 g/mol. The summed E-state index contributed by atoms with van der Waals surface area (Å²) in [6.45, 7) is 4.93. The third-order valence-corrected chi connectivity index (χ3v) is 2.92. The van der Waals surface area contributed by atoms with Gasteiger partial charge in [0.25, 0.3) is 10.1 Å². The molecule has 7 heteroatoms. The molecule has 0 aromatic heterocycles. The molecular weight excluding hydrogens is 223 g/mol. The zero-order valence-corrected chi connectivity index (χ0v) is 11.2. The van der Waals surface area contributed by atoms with E-state index >= 15 is 0 Å². The van der Waals surface area contributed by atoms with E-state index < -0.39 is 15.9 Å². The van der Waals surface area contributed by atoms with Gasteiger partial charge in [-0.25, -0.2) is 0 Å². The van der Waals surface area contributed by atoms with Crippen molar-refractivity contribution < 1.29 is 48.7 Å². The van der Waals surface area contributed by atoms with Crippen molar-refractivity contribution in [3.63, 3.8) is 0 Å². The SMILES string of the molecule is C=C(C)C(=O)SCCS(=O)(=O)O.[H-].[Na+]. The Morgan fingerprint density at radius 1 is 1.62 bits per heavy atom. The Bertz CT molecular complexity index is 288. The average Bonchev–Trinajstić information content (AvgIpc) is 1.84. The van der Waals surface area contributed by atoms with Crippen LogP contribution in [0.2, 0.25) is 0 Å². The maximum atomic E-state index is 10.8. The van der Waals surface area contributed by atoms with Crippen LogP contribution in [0.1, 0.15) is 8.35 Å². The van der Waals surface area contributed by atoms with Crippen molar-refractivity contribution in [3.05, 3.63) is 12.2 Å². The van der Waals surface area contributed by atoms with E-state index in [1.54, 1.807) is 6.92 Å². The second-order valence-corrected chi connectivity index (χ2v) is 4.84. The van der Waals surface area contributed by atoms with Crippen LogP contribution in [0, 0.1) is 0 Å². The van der Waals surface area contributed by atoms with E-state index in [1.165, 1.54) is 0 Å². The molecule has 0 atom stereocenters. The van der Waals surface area contributed by atoms with Gasteiger partial charge in [-0.15, -0.1) is 0 Å². The van der Waals surface area contributed by atoms with E-state index in [0.29, 0.717) is 5.57 Å². The summed E-state index contributed by atoms with van der Waals surface area (Å²) < 4.78 is 28.7. The van der Waals surface area contributed by atoms with Crippen molar-refractivity contribution in [1.82, 2.24) is 0 Å². The van der Waals surface area contributed by atoms with Crippen LogP contribution in [0.3, 0.4) is 0 Å². The topological polar surface area (TPSA) is 71.4 Å². The van der Waals surface area contributed by atoms with Crippen molar-refractivity contribution in [2.75, 3.05) is 11.5 Å². The molecule has 1 N–H and O–H groups in total. The molecule has 0 amide bonds. The van der Waals surface area contributed by atoms with Crippen molar-refractivity contribution >= 4 is 27.0 Å². The fourth-order valence-corrected chi connectivity index (χ4v) is 1.97. The summed E-state index contributed by atoms with van der Waals surface area (Å²) in [4.78, 5) is 10.8. The fourth-order valence-electron chi connectivity index (χ4n) is 0.363. The molecule has 0 aliphatic rings. The Balaban J connectivity index is -0.000000605. The van der Waals surface area contributed by atoms with E-state index in [1.807, 2.05) is 0 Å². The Hall–Kier alpha value is 0.670. The van der Waals surface area contributed by atoms with Crippen molar-refractivity contribution in [3.8, 4) is 0 Å². The molecule has 0 rings (SSSR count). The number of carbonyl (C=O) groups excluding carboxylic acids is 1. The molecule has 0 saturated carbocycles. The summed E-state index contributed by atoms with van der Waals surface area (Å²) in [5, 5.41) is -0.251. The van der Waals surface area contributed by atoms with Gasteiger partial charge in [-0.2, -0.15) is 8.42 Å². The molecule has 4 nitrogen and oxygen atoms in total. The molecule has 0 aromatic carbocycles. The van der Waals surface area contributed by atoms with Gasteiger partial charge in [-0.3, -0.25) is 9.35 Å². The number of rotatable bonds is 4. The standard InChI is InChI=1S/C6H10O4S2.Na.H/c1-5(2)6(7)11-3-4-12(8,9)10;;/h1,3-4H2,2H3,(H,8,9,10);;/q;+1;-1. The summed E-state index contributed by atoms with van der Waals surface area (Å²) in [6.07, 6.45) is 0. The summed E-state index contributed by atoms with van der Waals surface area (Å²) in [6, 6.07) is 0. The summed E-state index contributed by atoms with van der Waals surface area (Å²) >= 11 is 0.834. The minimum Gasteiger partial charge on any atom is -1.00 e. The summed E-state index contributed by atoms with van der Waals surface area (Å²) in [5.41, 5.74) is 0.371. The smallest absolute Gasteiger partial charge is 1.00 e. The van der Waals surface area contributed by atoms with E-state index in [0.717, 1.165) is 11.8 Å². The van der Waals surface area contributed by atoms with Crippen molar-refractivity contribution in [2.45, 2.75) is 6.92 Å². The number of carbonyl (C=O) groups is 1. The molecule has 0 aromatic rings. The zero-order valence-electron chi connectivity index (χ0n) is 8.61. The Morgan fingerprint density at radius 2 is 2.08 bits per heavy atom. The molecule has 72 valence electrons. The number of hydrogen-bond acceptors (Lipinski definition) is 4. The second-order valence-electron chi connectivity index (χ2n) is 2.20. The molecule has 0 spiro atoms. The molecule has 0 aliphatic heterocycles. The van der Waals surface area contributed by atoms with Crippen LogP contribution < -0.4 is 29.6 Å². The summed E-state index contributed by atoms with van der Waals surface area (Å²) in [7, 11) is -3.95. The van der Waals surface area contributed by atoms with E-state index in [4.69, 9.17) is 4.55 Å². The summed E-state index contributed by atoms with van der Waals surface area (Å²) in [5.74, 6) is -0.346. The van der Waals surface area contributed by atoms with E-state index in [2.05, 4.69) is 6.58 Å². The molecule has 0 saturated heterocycles.